The van der Waals surface area contributed by atoms with Gasteiger partial charge in [0.25, 0.3) is 0 Å². The van der Waals surface area contributed by atoms with Crippen LogP contribution >= 0.6 is 0 Å². The van der Waals surface area contributed by atoms with E-state index in [4.69, 9.17) is 0 Å². The van der Waals surface area contributed by atoms with Crippen molar-refractivity contribution in [1.82, 2.24) is 0 Å². The molecule has 64 valence electrons. The quantitative estimate of drug-likeness (QED) is 0.616. The first-order valence-corrected chi connectivity index (χ1v) is 4.46. The highest BCUT2D eigenvalue weighted by Crippen LogP contribution is 2.18. The Bertz CT molecular complexity index is 236. The molecule has 12 heavy (non-hydrogen) atoms. The molecule has 0 atom stereocenters. The standard InChI is InChI=1S/C9H9N.C2H6/c1-2-6-9-8(4-1)5-3-7-10-9;1-2/h1-4,6-7,10H,5H2;1-2H3. The van der Waals surface area contributed by atoms with Crippen LogP contribution in [0.3, 0.4) is 0 Å². The molecular weight excluding hydrogens is 146 g/mol. The van der Waals surface area contributed by atoms with E-state index in [1.54, 1.807) is 0 Å². The molecule has 1 aromatic carbocycles. The summed E-state index contributed by atoms with van der Waals surface area (Å²) >= 11 is 0. The number of rotatable bonds is 0. The van der Waals surface area contributed by atoms with Crippen LogP contribution in [0.5, 0.6) is 0 Å². The third-order valence-corrected chi connectivity index (χ3v) is 1.71. The van der Waals surface area contributed by atoms with Gasteiger partial charge >= 0.3 is 0 Å². The Morgan fingerprint density at radius 3 is 2.67 bits per heavy atom. The Labute approximate surface area is 74.1 Å². The molecule has 1 N–H and O–H groups in total. The number of benzene rings is 1. The molecule has 1 heterocycles. The minimum Gasteiger partial charge on any atom is -0.362 e. The summed E-state index contributed by atoms with van der Waals surface area (Å²) in [6, 6.07) is 8.36. The molecule has 0 aromatic heterocycles. The van der Waals surface area contributed by atoms with E-state index in [0.717, 1.165) is 6.42 Å². The van der Waals surface area contributed by atoms with Gasteiger partial charge in [0, 0.05) is 5.69 Å². The van der Waals surface area contributed by atoms with E-state index in [1.807, 2.05) is 26.1 Å². The maximum absolute atomic E-state index is 3.18. The average Bonchev–Trinajstić information content (AvgIpc) is 2.21. The first-order chi connectivity index (χ1) is 5.97. The van der Waals surface area contributed by atoms with Crippen LogP contribution in [-0.4, -0.2) is 0 Å². The minimum atomic E-state index is 1.06. The minimum absolute atomic E-state index is 1.06. The average molecular weight is 161 g/mol. The van der Waals surface area contributed by atoms with Gasteiger partial charge in [-0.15, -0.1) is 0 Å². The van der Waals surface area contributed by atoms with Crippen molar-refractivity contribution in [2.45, 2.75) is 20.3 Å². The monoisotopic (exact) mass is 161 g/mol. The van der Waals surface area contributed by atoms with E-state index in [0.29, 0.717) is 0 Å². The summed E-state index contributed by atoms with van der Waals surface area (Å²) in [5.74, 6) is 0. The van der Waals surface area contributed by atoms with Crippen LogP contribution in [0.4, 0.5) is 5.69 Å². The Hall–Kier alpha value is -1.24. The summed E-state index contributed by atoms with van der Waals surface area (Å²) < 4.78 is 0. The van der Waals surface area contributed by atoms with Crippen LogP contribution < -0.4 is 5.32 Å². The maximum Gasteiger partial charge on any atom is 0.0415 e. The van der Waals surface area contributed by atoms with Crippen molar-refractivity contribution in [1.29, 1.82) is 0 Å². The lowest BCUT2D eigenvalue weighted by molar-refractivity contribution is 1.22. The fraction of sp³-hybridized carbons (Fsp3) is 0.273. The second-order valence-corrected chi connectivity index (χ2v) is 2.41. The van der Waals surface area contributed by atoms with E-state index < -0.39 is 0 Å². The zero-order valence-corrected chi connectivity index (χ0v) is 7.67. The number of hydrogen-bond donors (Lipinski definition) is 1. The zero-order chi connectivity index (χ0) is 8.81. The molecule has 0 saturated carbocycles. The van der Waals surface area contributed by atoms with E-state index in [-0.39, 0.29) is 0 Å². The summed E-state index contributed by atoms with van der Waals surface area (Å²) in [4.78, 5) is 0. The maximum atomic E-state index is 3.18. The lowest BCUT2D eigenvalue weighted by atomic mass is 10.1. The van der Waals surface area contributed by atoms with Crippen molar-refractivity contribution in [2.75, 3.05) is 5.32 Å². The second-order valence-electron chi connectivity index (χ2n) is 2.41. The highest BCUT2D eigenvalue weighted by atomic mass is 14.8. The molecule has 0 aliphatic carbocycles. The van der Waals surface area contributed by atoms with Crippen molar-refractivity contribution < 1.29 is 0 Å². The molecule has 1 nitrogen and oxygen atoms in total. The predicted molar refractivity (Wildman–Crippen MR) is 54.3 cm³/mol. The van der Waals surface area contributed by atoms with Crippen molar-refractivity contribution in [3.05, 3.63) is 42.1 Å². The number of fused-ring (bicyclic) bond motifs is 1. The first-order valence-electron chi connectivity index (χ1n) is 4.46. The summed E-state index contributed by atoms with van der Waals surface area (Å²) in [6.45, 7) is 4.00. The summed E-state index contributed by atoms with van der Waals surface area (Å²) in [7, 11) is 0. The van der Waals surface area contributed by atoms with E-state index >= 15 is 0 Å². The molecule has 1 heteroatoms. The molecule has 2 rings (SSSR count). The SMILES string of the molecule is C1=CNc2ccccc2C1.CC. The number of anilines is 1. The highest BCUT2D eigenvalue weighted by molar-refractivity contribution is 5.55. The van der Waals surface area contributed by atoms with Crippen LogP contribution in [0.15, 0.2) is 36.5 Å². The molecule has 0 unspecified atom stereocenters. The fourth-order valence-corrected chi connectivity index (χ4v) is 1.17. The smallest absolute Gasteiger partial charge is 0.0415 e. The van der Waals surface area contributed by atoms with Crippen molar-refractivity contribution >= 4 is 5.69 Å². The molecule has 0 spiro atoms. The lowest BCUT2D eigenvalue weighted by Gasteiger charge is -2.10. The van der Waals surface area contributed by atoms with E-state index in [1.165, 1.54) is 11.3 Å². The zero-order valence-electron chi connectivity index (χ0n) is 7.67. The number of para-hydroxylation sites is 1. The number of hydrogen-bond acceptors (Lipinski definition) is 1. The summed E-state index contributed by atoms with van der Waals surface area (Å²) in [5, 5.41) is 3.18. The van der Waals surface area contributed by atoms with Gasteiger partial charge in [0.1, 0.15) is 0 Å². The summed E-state index contributed by atoms with van der Waals surface area (Å²) in [6.07, 6.45) is 5.17. The van der Waals surface area contributed by atoms with Crippen LogP contribution in [0.1, 0.15) is 19.4 Å². The Morgan fingerprint density at radius 2 is 1.92 bits per heavy atom. The number of allylic oxidation sites excluding steroid dienone is 1. The van der Waals surface area contributed by atoms with Gasteiger partial charge in [-0.2, -0.15) is 0 Å². The molecule has 1 aromatic rings. The molecular formula is C11H15N. The van der Waals surface area contributed by atoms with Crippen molar-refractivity contribution in [2.24, 2.45) is 0 Å². The molecule has 0 fully saturated rings. The Balaban J connectivity index is 0.000000336. The molecule has 1 aliphatic heterocycles. The van der Waals surface area contributed by atoms with E-state index in [9.17, 15) is 0 Å². The van der Waals surface area contributed by atoms with Crippen LogP contribution in [0.25, 0.3) is 0 Å². The largest absolute Gasteiger partial charge is 0.362 e. The summed E-state index contributed by atoms with van der Waals surface area (Å²) in [5.41, 5.74) is 2.62. The second kappa shape index (κ2) is 4.60. The third-order valence-electron chi connectivity index (χ3n) is 1.71. The van der Waals surface area contributed by atoms with Crippen LogP contribution in [0, 0.1) is 0 Å². The van der Waals surface area contributed by atoms with Gasteiger partial charge in [-0.3, -0.25) is 0 Å². The van der Waals surface area contributed by atoms with Gasteiger partial charge in [0.15, 0.2) is 0 Å². The predicted octanol–water partition coefficient (Wildman–Crippen LogP) is 3.19. The Morgan fingerprint density at radius 1 is 1.17 bits per heavy atom. The van der Waals surface area contributed by atoms with Crippen LogP contribution in [-0.2, 0) is 6.42 Å². The van der Waals surface area contributed by atoms with Gasteiger partial charge in [0.05, 0.1) is 0 Å². The van der Waals surface area contributed by atoms with Gasteiger partial charge in [-0.1, -0.05) is 38.1 Å². The molecule has 0 saturated heterocycles. The van der Waals surface area contributed by atoms with Crippen molar-refractivity contribution in [3.8, 4) is 0 Å². The highest BCUT2D eigenvalue weighted by Gasteiger charge is 1.99. The van der Waals surface area contributed by atoms with Crippen molar-refractivity contribution in [3.63, 3.8) is 0 Å². The van der Waals surface area contributed by atoms with E-state index in [2.05, 4.69) is 29.6 Å². The topological polar surface area (TPSA) is 12.0 Å². The van der Waals surface area contributed by atoms with Gasteiger partial charge < -0.3 is 5.32 Å². The molecule has 0 radical (unpaired) electrons. The fourth-order valence-electron chi connectivity index (χ4n) is 1.17. The number of nitrogens with one attached hydrogen (secondary N) is 1. The third kappa shape index (κ3) is 1.88. The Kier molecular flexibility index (Phi) is 3.39. The van der Waals surface area contributed by atoms with Gasteiger partial charge in [-0.25, -0.2) is 0 Å². The van der Waals surface area contributed by atoms with Crippen LogP contribution in [0.2, 0.25) is 0 Å². The molecule has 1 aliphatic rings. The molecule has 0 amide bonds. The lowest BCUT2D eigenvalue weighted by Crippen LogP contribution is -1.98. The van der Waals surface area contributed by atoms with Gasteiger partial charge in [-0.05, 0) is 24.3 Å². The normalized spacial score (nSPS) is 12.2. The molecule has 0 bridgehead atoms. The first kappa shape index (κ1) is 8.85. The van der Waals surface area contributed by atoms with Gasteiger partial charge in [0.2, 0.25) is 0 Å².